The predicted octanol–water partition coefficient (Wildman–Crippen LogP) is -0.196. The van der Waals surface area contributed by atoms with E-state index >= 15 is 0 Å². The smallest absolute Gasteiger partial charge is 0.282 e. The van der Waals surface area contributed by atoms with Crippen molar-refractivity contribution < 1.29 is 19.3 Å². The van der Waals surface area contributed by atoms with Gasteiger partial charge in [-0.05, 0) is 55.0 Å². The van der Waals surface area contributed by atoms with E-state index in [0.717, 1.165) is 57.2 Å². The van der Waals surface area contributed by atoms with Crippen LogP contribution in [0.25, 0.3) is 0 Å². The molecule has 0 bridgehead atoms. The number of ether oxygens (including phenoxy) is 1. The third kappa shape index (κ3) is 4.58. The number of carbonyl (C=O) groups is 1. The fourth-order valence-corrected chi connectivity index (χ4v) is 4.24. The summed E-state index contributed by atoms with van der Waals surface area (Å²) in [6, 6.07) is 15.6. The molecule has 1 saturated heterocycles. The van der Waals surface area contributed by atoms with Gasteiger partial charge in [-0.1, -0.05) is 0 Å². The summed E-state index contributed by atoms with van der Waals surface area (Å²) in [4.78, 5) is 15.5. The van der Waals surface area contributed by atoms with Crippen molar-refractivity contribution in [1.82, 2.24) is 0 Å². The van der Waals surface area contributed by atoms with Crippen LogP contribution in [0.1, 0.15) is 23.6 Å². The molecule has 1 fully saturated rings. The van der Waals surface area contributed by atoms with Crippen LogP contribution in [0.4, 0.5) is 5.69 Å². The molecule has 150 valence electrons. The molecule has 4 rings (SSSR count). The van der Waals surface area contributed by atoms with E-state index in [0.29, 0.717) is 5.56 Å². The van der Waals surface area contributed by atoms with Crippen molar-refractivity contribution in [2.24, 2.45) is 0 Å². The summed E-state index contributed by atoms with van der Waals surface area (Å²) < 4.78 is 5.60. The molecule has 0 aliphatic carbocycles. The van der Waals surface area contributed by atoms with Gasteiger partial charge in [0.2, 0.25) is 0 Å². The molecule has 6 nitrogen and oxygen atoms in total. The standard InChI is InChI=1S/C23H26N4O2/c1-17(23(28)25-21-5-2-18(15-24)3-6-21)27-11-9-26(10-12-27)16-19-4-7-22-20(14-19)8-13-29-22/h2-7,14,17H,8-13,16H2,1H3,(H,25,28)/p+2/t17-/m1/s1. The highest BCUT2D eigenvalue weighted by molar-refractivity contribution is 5.93. The van der Waals surface area contributed by atoms with E-state index in [4.69, 9.17) is 10.00 Å². The van der Waals surface area contributed by atoms with Gasteiger partial charge in [0.05, 0.1) is 18.2 Å². The van der Waals surface area contributed by atoms with Gasteiger partial charge in [0.15, 0.2) is 6.04 Å². The van der Waals surface area contributed by atoms with Crippen LogP contribution in [-0.4, -0.2) is 44.7 Å². The SMILES string of the molecule is C[C@H](C(=O)Nc1ccc(C#N)cc1)[NH+]1CC[NH+](Cc2ccc3c(c2)CCO3)CC1. The first-order chi connectivity index (χ1) is 14.1. The minimum atomic E-state index is -0.0932. The average Bonchev–Trinajstić information content (AvgIpc) is 3.22. The number of hydrogen-bond acceptors (Lipinski definition) is 3. The van der Waals surface area contributed by atoms with E-state index in [9.17, 15) is 4.79 Å². The van der Waals surface area contributed by atoms with E-state index in [1.807, 2.05) is 6.92 Å². The molecule has 2 aliphatic rings. The lowest BCUT2D eigenvalue weighted by molar-refractivity contribution is -1.02. The average molecular weight is 393 g/mol. The summed E-state index contributed by atoms with van der Waals surface area (Å²) in [5.74, 6) is 1.08. The van der Waals surface area contributed by atoms with E-state index in [1.54, 1.807) is 29.2 Å². The van der Waals surface area contributed by atoms with Gasteiger partial charge in [0, 0.05) is 17.7 Å². The van der Waals surface area contributed by atoms with Crippen LogP contribution < -0.4 is 19.9 Å². The molecule has 29 heavy (non-hydrogen) atoms. The monoisotopic (exact) mass is 392 g/mol. The van der Waals surface area contributed by atoms with Crippen LogP contribution in [0.15, 0.2) is 42.5 Å². The Morgan fingerprint density at radius 2 is 1.93 bits per heavy atom. The van der Waals surface area contributed by atoms with Crippen molar-refractivity contribution in [3.63, 3.8) is 0 Å². The summed E-state index contributed by atoms with van der Waals surface area (Å²) in [6.45, 7) is 7.95. The van der Waals surface area contributed by atoms with Crippen LogP contribution in [0, 0.1) is 11.3 Å². The van der Waals surface area contributed by atoms with Crippen molar-refractivity contribution >= 4 is 11.6 Å². The van der Waals surface area contributed by atoms with Gasteiger partial charge >= 0.3 is 0 Å². The summed E-state index contributed by atoms with van der Waals surface area (Å²) in [6.07, 6.45) is 1.02. The molecule has 2 aliphatic heterocycles. The molecule has 0 saturated carbocycles. The number of carbonyl (C=O) groups excluding carboxylic acids is 1. The molecule has 3 N–H and O–H groups in total. The number of fused-ring (bicyclic) bond motifs is 1. The second-order valence-electron chi connectivity index (χ2n) is 8.03. The zero-order valence-corrected chi connectivity index (χ0v) is 16.8. The first-order valence-electron chi connectivity index (χ1n) is 10.4. The second-order valence-corrected chi connectivity index (χ2v) is 8.03. The van der Waals surface area contributed by atoms with Crippen molar-refractivity contribution in [1.29, 1.82) is 5.26 Å². The number of benzene rings is 2. The number of anilines is 1. The van der Waals surface area contributed by atoms with Gasteiger partial charge in [0.1, 0.15) is 38.5 Å². The zero-order valence-electron chi connectivity index (χ0n) is 16.8. The zero-order chi connectivity index (χ0) is 20.2. The molecule has 1 amide bonds. The van der Waals surface area contributed by atoms with E-state index in [-0.39, 0.29) is 11.9 Å². The highest BCUT2D eigenvalue weighted by atomic mass is 16.5. The van der Waals surface area contributed by atoms with Gasteiger partial charge < -0.3 is 19.9 Å². The Labute approximate surface area is 171 Å². The largest absolute Gasteiger partial charge is 0.493 e. The van der Waals surface area contributed by atoms with Gasteiger partial charge in [-0.2, -0.15) is 5.26 Å². The van der Waals surface area contributed by atoms with Crippen LogP contribution >= 0.6 is 0 Å². The van der Waals surface area contributed by atoms with Crippen LogP contribution in [-0.2, 0) is 17.8 Å². The minimum absolute atomic E-state index is 0.0341. The normalized spacial score (nSPS) is 21.5. The quantitative estimate of drug-likeness (QED) is 0.660. The van der Waals surface area contributed by atoms with E-state index in [1.165, 1.54) is 16.0 Å². The Kier molecular flexibility index (Phi) is 5.79. The fraction of sp³-hybridized carbons (Fsp3) is 0.391. The fourth-order valence-electron chi connectivity index (χ4n) is 4.24. The summed E-state index contributed by atoms with van der Waals surface area (Å²) in [5, 5.41) is 11.9. The lowest BCUT2D eigenvalue weighted by atomic mass is 10.1. The maximum Gasteiger partial charge on any atom is 0.282 e. The predicted molar refractivity (Wildman–Crippen MR) is 110 cm³/mol. The summed E-state index contributed by atoms with van der Waals surface area (Å²) in [5.41, 5.74) is 4.04. The number of amides is 1. The van der Waals surface area contributed by atoms with Crippen molar-refractivity contribution in [3.8, 4) is 11.8 Å². The number of nitriles is 1. The lowest BCUT2D eigenvalue weighted by Gasteiger charge is -2.32. The maximum absolute atomic E-state index is 12.6. The van der Waals surface area contributed by atoms with Crippen LogP contribution in [0.3, 0.4) is 0 Å². The highest BCUT2D eigenvalue weighted by Gasteiger charge is 2.31. The molecule has 2 heterocycles. The first kappa shape index (κ1) is 19.4. The number of nitrogens with one attached hydrogen (secondary N) is 3. The third-order valence-electron chi connectivity index (χ3n) is 6.09. The first-order valence-corrected chi connectivity index (χ1v) is 10.4. The molecule has 0 spiro atoms. The van der Waals surface area contributed by atoms with Gasteiger partial charge in [-0.25, -0.2) is 0 Å². The Morgan fingerprint density at radius 3 is 2.66 bits per heavy atom. The van der Waals surface area contributed by atoms with Crippen LogP contribution in [0.2, 0.25) is 0 Å². The topological polar surface area (TPSA) is 71.0 Å². The number of hydrogen-bond donors (Lipinski definition) is 3. The molecule has 2 aromatic rings. The van der Waals surface area contributed by atoms with Crippen molar-refractivity contribution in [3.05, 3.63) is 59.2 Å². The van der Waals surface area contributed by atoms with E-state index in [2.05, 4.69) is 29.6 Å². The molecule has 0 aromatic heterocycles. The van der Waals surface area contributed by atoms with Gasteiger partial charge in [-0.15, -0.1) is 0 Å². The molecular weight excluding hydrogens is 364 g/mol. The second kappa shape index (κ2) is 8.64. The van der Waals surface area contributed by atoms with Gasteiger partial charge in [0.25, 0.3) is 5.91 Å². The molecule has 0 radical (unpaired) electrons. The summed E-state index contributed by atoms with van der Waals surface area (Å²) in [7, 11) is 0. The molecule has 6 heteroatoms. The Bertz CT molecular complexity index is 911. The highest BCUT2D eigenvalue weighted by Crippen LogP contribution is 2.25. The molecular formula is C23H28N4O2+2. The van der Waals surface area contributed by atoms with Crippen molar-refractivity contribution in [2.75, 3.05) is 38.1 Å². The minimum Gasteiger partial charge on any atom is -0.493 e. The molecule has 2 aromatic carbocycles. The Hall–Kier alpha value is -2.88. The number of rotatable bonds is 5. The maximum atomic E-state index is 12.6. The summed E-state index contributed by atoms with van der Waals surface area (Å²) >= 11 is 0. The Morgan fingerprint density at radius 1 is 1.17 bits per heavy atom. The van der Waals surface area contributed by atoms with Crippen molar-refractivity contribution in [2.45, 2.75) is 25.9 Å². The van der Waals surface area contributed by atoms with Gasteiger partial charge in [-0.3, -0.25) is 4.79 Å². The number of nitrogens with zero attached hydrogens (tertiary/aromatic N) is 1. The molecule has 0 unspecified atom stereocenters. The Balaban J connectivity index is 1.27. The van der Waals surface area contributed by atoms with E-state index < -0.39 is 0 Å². The van der Waals surface area contributed by atoms with Crippen LogP contribution in [0.5, 0.6) is 5.75 Å². The number of quaternary nitrogens is 2. The number of piperazine rings is 1. The lowest BCUT2D eigenvalue weighted by Crippen LogP contribution is -3.29. The molecule has 1 atom stereocenters. The third-order valence-corrected chi connectivity index (χ3v) is 6.09.